The maximum absolute atomic E-state index is 12.4. The quantitative estimate of drug-likeness (QED) is 0.366. The van der Waals surface area contributed by atoms with Crippen LogP contribution in [0.2, 0.25) is 0 Å². The van der Waals surface area contributed by atoms with E-state index >= 15 is 0 Å². The van der Waals surface area contributed by atoms with Gasteiger partial charge in [-0.05, 0) is 36.6 Å². The third-order valence-electron chi connectivity index (χ3n) is 3.88. The topological polar surface area (TPSA) is 75.3 Å². The standard InChI is InChI=1S/C21H18N2O3S2/c1-27-16-9-5-8-15(12-16)23-21(26)20(25)22-13-17-10-11-18(28-17)19(24)14-6-3-2-4-7-14/h2-12H,13H2,1H3,(H,22,25)(H,23,26). The van der Waals surface area contributed by atoms with Crippen molar-refractivity contribution in [1.82, 2.24) is 5.32 Å². The van der Waals surface area contributed by atoms with Crippen LogP contribution in [0.15, 0.2) is 71.6 Å². The molecule has 3 aromatic rings. The second-order valence-corrected chi connectivity index (χ2v) is 7.88. The van der Waals surface area contributed by atoms with Gasteiger partial charge in [0.15, 0.2) is 0 Å². The molecule has 142 valence electrons. The fraction of sp³-hybridized carbons (Fsp3) is 0.0952. The number of carbonyl (C=O) groups excluding carboxylic acids is 3. The molecule has 0 aliphatic heterocycles. The summed E-state index contributed by atoms with van der Waals surface area (Å²) in [4.78, 5) is 38.9. The summed E-state index contributed by atoms with van der Waals surface area (Å²) in [5, 5.41) is 5.17. The number of nitrogens with one attached hydrogen (secondary N) is 2. The van der Waals surface area contributed by atoms with Gasteiger partial charge in [0.2, 0.25) is 5.78 Å². The zero-order valence-electron chi connectivity index (χ0n) is 15.1. The Balaban J connectivity index is 1.55. The molecule has 5 nitrogen and oxygen atoms in total. The lowest BCUT2D eigenvalue weighted by atomic mass is 10.1. The number of anilines is 1. The number of rotatable bonds is 6. The highest BCUT2D eigenvalue weighted by Crippen LogP contribution is 2.20. The Morgan fingerprint density at radius 2 is 1.71 bits per heavy atom. The molecule has 0 bridgehead atoms. The summed E-state index contributed by atoms with van der Waals surface area (Å²) in [6.07, 6.45) is 1.94. The first-order chi connectivity index (χ1) is 13.6. The van der Waals surface area contributed by atoms with Gasteiger partial charge in [-0.2, -0.15) is 0 Å². The molecule has 1 aromatic heterocycles. The molecule has 2 N–H and O–H groups in total. The van der Waals surface area contributed by atoms with Gasteiger partial charge in [0.1, 0.15) is 0 Å². The van der Waals surface area contributed by atoms with Gasteiger partial charge in [-0.3, -0.25) is 14.4 Å². The van der Waals surface area contributed by atoms with E-state index in [9.17, 15) is 14.4 Å². The van der Waals surface area contributed by atoms with E-state index in [-0.39, 0.29) is 12.3 Å². The fourth-order valence-corrected chi connectivity index (χ4v) is 3.83. The average molecular weight is 411 g/mol. The van der Waals surface area contributed by atoms with Crippen molar-refractivity contribution < 1.29 is 14.4 Å². The Labute approximate surface area is 171 Å². The first-order valence-electron chi connectivity index (χ1n) is 8.48. The van der Waals surface area contributed by atoms with E-state index in [4.69, 9.17) is 0 Å². The summed E-state index contributed by atoms with van der Waals surface area (Å²) in [5.41, 5.74) is 1.19. The second-order valence-electron chi connectivity index (χ2n) is 5.83. The van der Waals surface area contributed by atoms with Crippen LogP contribution in [0.5, 0.6) is 0 Å². The summed E-state index contributed by atoms with van der Waals surface area (Å²) in [5.74, 6) is -1.51. The predicted molar refractivity (Wildman–Crippen MR) is 113 cm³/mol. The molecule has 0 aliphatic carbocycles. The molecule has 3 rings (SSSR count). The first-order valence-corrected chi connectivity index (χ1v) is 10.5. The molecule has 1 heterocycles. The number of carbonyl (C=O) groups is 3. The number of ketones is 1. The first kappa shape index (κ1) is 19.9. The minimum Gasteiger partial charge on any atom is -0.343 e. The van der Waals surface area contributed by atoms with Crippen molar-refractivity contribution in [3.8, 4) is 0 Å². The molecule has 0 spiro atoms. The number of hydrogen-bond donors (Lipinski definition) is 2. The third-order valence-corrected chi connectivity index (χ3v) is 5.69. The Bertz CT molecular complexity index is 1000. The van der Waals surface area contributed by atoms with Gasteiger partial charge in [0, 0.05) is 21.0 Å². The van der Waals surface area contributed by atoms with Crippen LogP contribution in [-0.4, -0.2) is 23.9 Å². The highest BCUT2D eigenvalue weighted by molar-refractivity contribution is 7.98. The summed E-state index contributed by atoms with van der Waals surface area (Å²) >= 11 is 2.85. The molecular formula is C21H18N2O3S2. The highest BCUT2D eigenvalue weighted by atomic mass is 32.2. The number of thioether (sulfide) groups is 1. The summed E-state index contributed by atoms with van der Waals surface area (Å²) in [6.45, 7) is 0.184. The maximum Gasteiger partial charge on any atom is 0.313 e. The lowest BCUT2D eigenvalue weighted by molar-refractivity contribution is -0.136. The minimum absolute atomic E-state index is 0.0606. The number of benzene rings is 2. The zero-order chi connectivity index (χ0) is 19.9. The predicted octanol–water partition coefficient (Wildman–Crippen LogP) is 3.96. The Hall–Kier alpha value is -2.90. The molecule has 0 aliphatic rings. The van der Waals surface area contributed by atoms with Crippen LogP contribution < -0.4 is 10.6 Å². The van der Waals surface area contributed by atoms with Crippen molar-refractivity contribution in [3.05, 3.63) is 82.0 Å². The van der Waals surface area contributed by atoms with Gasteiger partial charge in [0.25, 0.3) is 0 Å². The molecule has 0 saturated carbocycles. The van der Waals surface area contributed by atoms with Crippen LogP contribution in [0.4, 0.5) is 5.69 Å². The number of amides is 2. The van der Waals surface area contributed by atoms with E-state index in [0.29, 0.717) is 16.1 Å². The molecular weight excluding hydrogens is 392 g/mol. The van der Waals surface area contributed by atoms with Gasteiger partial charge in [-0.15, -0.1) is 23.1 Å². The normalized spacial score (nSPS) is 10.3. The van der Waals surface area contributed by atoms with Gasteiger partial charge >= 0.3 is 11.8 Å². The van der Waals surface area contributed by atoms with Gasteiger partial charge in [-0.1, -0.05) is 36.4 Å². The average Bonchev–Trinajstić information content (AvgIpc) is 3.21. The van der Waals surface area contributed by atoms with Gasteiger partial charge < -0.3 is 10.6 Å². The lowest BCUT2D eigenvalue weighted by Gasteiger charge is -2.06. The molecule has 28 heavy (non-hydrogen) atoms. The van der Waals surface area contributed by atoms with Crippen molar-refractivity contribution in [2.75, 3.05) is 11.6 Å². The maximum atomic E-state index is 12.4. The van der Waals surface area contributed by atoms with Crippen LogP contribution in [0, 0.1) is 0 Å². The molecule has 0 unspecified atom stereocenters. The van der Waals surface area contributed by atoms with E-state index in [1.54, 1.807) is 48.2 Å². The molecule has 2 aromatic carbocycles. The Kier molecular flexibility index (Phi) is 6.62. The fourth-order valence-electron chi connectivity index (χ4n) is 2.46. The van der Waals surface area contributed by atoms with E-state index < -0.39 is 11.8 Å². The van der Waals surface area contributed by atoms with Crippen LogP contribution >= 0.6 is 23.1 Å². The summed E-state index contributed by atoms with van der Waals surface area (Å²) < 4.78 is 0. The zero-order valence-corrected chi connectivity index (χ0v) is 16.7. The van der Waals surface area contributed by atoms with Crippen molar-refractivity contribution >= 4 is 46.4 Å². The summed E-state index contributed by atoms with van der Waals surface area (Å²) in [6, 6.07) is 19.8. The highest BCUT2D eigenvalue weighted by Gasteiger charge is 2.15. The van der Waals surface area contributed by atoms with Crippen molar-refractivity contribution in [1.29, 1.82) is 0 Å². The largest absolute Gasteiger partial charge is 0.343 e. The molecule has 0 fully saturated rings. The number of hydrogen-bond acceptors (Lipinski definition) is 5. The van der Waals surface area contributed by atoms with Crippen LogP contribution in [-0.2, 0) is 16.1 Å². The third kappa shape index (κ3) is 5.09. The van der Waals surface area contributed by atoms with Crippen molar-refractivity contribution in [2.45, 2.75) is 11.4 Å². The van der Waals surface area contributed by atoms with E-state index in [0.717, 1.165) is 9.77 Å². The SMILES string of the molecule is CSc1cccc(NC(=O)C(=O)NCc2ccc(C(=O)c3ccccc3)s2)c1. The van der Waals surface area contributed by atoms with Crippen molar-refractivity contribution in [2.24, 2.45) is 0 Å². The Morgan fingerprint density at radius 1 is 0.929 bits per heavy atom. The lowest BCUT2D eigenvalue weighted by Crippen LogP contribution is -2.34. The van der Waals surface area contributed by atoms with E-state index in [2.05, 4.69) is 10.6 Å². The van der Waals surface area contributed by atoms with E-state index in [1.165, 1.54) is 11.3 Å². The summed E-state index contributed by atoms with van der Waals surface area (Å²) in [7, 11) is 0. The minimum atomic E-state index is -0.726. The van der Waals surface area contributed by atoms with Crippen molar-refractivity contribution in [3.63, 3.8) is 0 Å². The molecule has 2 amide bonds. The Morgan fingerprint density at radius 3 is 2.46 bits per heavy atom. The molecule has 0 saturated heterocycles. The number of thiophene rings is 1. The second kappa shape index (κ2) is 9.34. The van der Waals surface area contributed by atoms with Crippen LogP contribution in [0.3, 0.4) is 0 Å². The van der Waals surface area contributed by atoms with Crippen LogP contribution in [0.1, 0.15) is 20.1 Å². The molecule has 0 atom stereocenters. The van der Waals surface area contributed by atoms with Gasteiger partial charge in [-0.25, -0.2) is 0 Å². The van der Waals surface area contributed by atoms with Gasteiger partial charge in [0.05, 0.1) is 11.4 Å². The monoisotopic (exact) mass is 410 g/mol. The smallest absolute Gasteiger partial charge is 0.313 e. The molecule has 0 radical (unpaired) electrons. The van der Waals surface area contributed by atoms with E-state index in [1.807, 2.05) is 36.6 Å². The van der Waals surface area contributed by atoms with Crippen LogP contribution in [0.25, 0.3) is 0 Å². The molecule has 7 heteroatoms.